The topological polar surface area (TPSA) is 50.5 Å². The van der Waals surface area contributed by atoms with Crippen molar-refractivity contribution in [1.82, 2.24) is 10.2 Å². The van der Waals surface area contributed by atoms with E-state index in [4.69, 9.17) is 10.5 Å². The number of nitrogens with one attached hydrogen (secondary N) is 1. The lowest BCUT2D eigenvalue weighted by molar-refractivity contribution is 0.0116. The molecule has 2 fully saturated rings. The fraction of sp³-hybridized carbons (Fsp3) is 1.00. The van der Waals surface area contributed by atoms with Gasteiger partial charge in [-0.15, -0.1) is 0 Å². The Labute approximate surface area is 124 Å². The standard InChI is InChI=1S/C16H33N3O/c1-13(2)10-15(19-6-8-20-9-7-19)12-18-16-5-3-4-14(16)11-17/h13-16,18H,3-12,17H2,1-2H3. The van der Waals surface area contributed by atoms with Crippen molar-refractivity contribution in [3.05, 3.63) is 0 Å². The van der Waals surface area contributed by atoms with Crippen molar-refractivity contribution < 1.29 is 4.74 Å². The van der Waals surface area contributed by atoms with Crippen molar-refractivity contribution in [1.29, 1.82) is 0 Å². The summed E-state index contributed by atoms with van der Waals surface area (Å²) in [4.78, 5) is 2.61. The van der Waals surface area contributed by atoms with Crippen molar-refractivity contribution in [2.45, 2.75) is 51.6 Å². The molecule has 0 spiro atoms. The van der Waals surface area contributed by atoms with Gasteiger partial charge < -0.3 is 15.8 Å². The van der Waals surface area contributed by atoms with E-state index in [1.165, 1.54) is 25.7 Å². The molecule has 1 saturated heterocycles. The van der Waals surface area contributed by atoms with Crippen LogP contribution in [0.25, 0.3) is 0 Å². The van der Waals surface area contributed by atoms with E-state index in [2.05, 4.69) is 24.1 Å². The average molecular weight is 283 g/mol. The van der Waals surface area contributed by atoms with E-state index in [0.29, 0.717) is 18.0 Å². The summed E-state index contributed by atoms with van der Waals surface area (Å²) >= 11 is 0. The molecule has 20 heavy (non-hydrogen) atoms. The first-order chi connectivity index (χ1) is 9.70. The normalized spacial score (nSPS) is 30.0. The second-order valence-electron chi connectivity index (χ2n) is 6.87. The highest BCUT2D eigenvalue weighted by molar-refractivity contribution is 4.86. The monoisotopic (exact) mass is 283 g/mol. The summed E-state index contributed by atoms with van der Waals surface area (Å²) in [6, 6.07) is 1.30. The molecule has 0 aromatic rings. The second kappa shape index (κ2) is 8.32. The lowest BCUT2D eigenvalue weighted by atomic mass is 10.00. The molecular weight excluding hydrogens is 250 g/mol. The highest BCUT2D eigenvalue weighted by atomic mass is 16.5. The lowest BCUT2D eigenvalue weighted by Crippen LogP contribution is -2.50. The highest BCUT2D eigenvalue weighted by Gasteiger charge is 2.28. The van der Waals surface area contributed by atoms with Gasteiger partial charge in [-0.25, -0.2) is 0 Å². The maximum atomic E-state index is 5.89. The third-order valence-electron chi connectivity index (χ3n) is 4.88. The zero-order valence-corrected chi connectivity index (χ0v) is 13.3. The van der Waals surface area contributed by atoms with Crippen LogP contribution in [0.4, 0.5) is 0 Å². The van der Waals surface area contributed by atoms with Gasteiger partial charge in [0.1, 0.15) is 0 Å². The zero-order chi connectivity index (χ0) is 14.4. The molecule has 1 saturated carbocycles. The fourth-order valence-electron chi connectivity index (χ4n) is 3.72. The van der Waals surface area contributed by atoms with Gasteiger partial charge in [-0.2, -0.15) is 0 Å². The minimum absolute atomic E-state index is 0.649. The van der Waals surface area contributed by atoms with Gasteiger partial charge in [-0.05, 0) is 37.6 Å². The number of ether oxygens (including phenoxy) is 1. The Bertz CT molecular complexity index is 266. The third kappa shape index (κ3) is 4.69. The van der Waals surface area contributed by atoms with Crippen LogP contribution in [0.1, 0.15) is 39.5 Å². The van der Waals surface area contributed by atoms with Crippen molar-refractivity contribution >= 4 is 0 Å². The van der Waals surface area contributed by atoms with Gasteiger partial charge >= 0.3 is 0 Å². The van der Waals surface area contributed by atoms with Crippen LogP contribution in [0.5, 0.6) is 0 Å². The van der Waals surface area contributed by atoms with Gasteiger partial charge in [0.05, 0.1) is 13.2 Å². The predicted octanol–water partition coefficient (Wildman–Crippen LogP) is 1.45. The third-order valence-corrected chi connectivity index (χ3v) is 4.88. The molecule has 3 unspecified atom stereocenters. The summed E-state index contributed by atoms with van der Waals surface area (Å²) in [6.45, 7) is 10.6. The molecule has 4 nitrogen and oxygen atoms in total. The Morgan fingerprint density at radius 1 is 1.25 bits per heavy atom. The van der Waals surface area contributed by atoms with Crippen LogP contribution >= 0.6 is 0 Å². The van der Waals surface area contributed by atoms with Gasteiger partial charge in [0.15, 0.2) is 0 Å². The van der Waals surface area contributed by atoms with E-state index in [1.807, 2.05) is 0 Å². The van der Waals surface area contributed by atoms with Crippen molar-refractivity contribution in [3.8, 4) is 0 Å². The Morgan fingerprint density at radius 2 is 2.00 bits per heavy atom. The van der Waals surface area contributed by atoms with Gasteiger partial charge in [0.2, 0.25) is 0 Å². The van der Waals surface area contributed by atoms with Crippen molar-refractivity contribution in [2.24, 2.45) is 17.6 Å². The molecule has 1 heterocycles. The SMILES string of the molecule is CC(C)CC(CNC1CCCC1CN)N1CCOCC1. The molecule has 1 aliphatic carbocycles. The van der Waals surface area contributed by atoms with Crippen LogP contribution in [0.3, 0.4) is 0 Å². The van der Waals surface area contributed by atoms with Crippen LogP contribution in [0.2, 0.25) is 0 Å². The minimum Gasteiger partial charge on any atom is -0.379 e. The summed E-state index contributed by atoms with van der Waals surface area (Å²) in [7, 11) is 0. The predicted molar refractivity (Wildman–Crippen MR) is 83.8 cm³/mol. The van der Waals surface area contributed by atoms with E-state index >= 15 is 0 Å². The van der Waals surface area contributed by atoms with Crippen molar-refractivity contribution in [2.75, 3.05) is 39.4 Å². The maximum Gasteiger partial charge on any atom is 0.0594 e. The Balaban J connectivity index is 1.83. The Hall–Kier alpha value is -0.160. The first kappa shape index (κ1) is 16.2. The van der Waals surface area contributed by atoms with E-state index in [9.17, 15) is 0 Å². The number of nitrogens with zero attached hydrogens (tertiary/aromatic N) is 1. The summed E-state index contributed by atoms with van der Waals surface area (Å²) in [5.41, 5.74) is 5.89. The Kier molecular flexibility index (Phi) is 6.75. The Morgan fingerprint density at radius 3 is 2.65 bits per heavy atom. The maximum absolute atomic E-state index is 5.89. The van der Waals surface area contributed by atoms with Gasteiger partial charge in [-0.3, -0.25) is 4.90 Å². The fourth-order valence-corrected chi connectivity index (χ4v) is 3.72. The number of nitrogens with two attached hydrogens (primary N) is 1. The average Bonchev–Trinajstić information content (AvgIpc) is 2.91. The molecule has 118 valence electrons. The lowest BCUT2D eigenvalue weighted by Gasteiger charge is -2.36. The first-order valence-corrected chi connectivity index (χ1v) is 8.46. The molecule has 0 radical (unpaired) electrons. The van der Waals surface area contributed by atoms with Crippen LogP contribution in [0, 0.1) is 11.8 Å². The molecule has 0 amide bonds. The molecule has 0 aromatic heterocycles. The molecule has 2 aliphatic rings. The van der Waals surface area contributed by atoms with Crippen LogP contribution in [-0.2, 0) is 4.74 Å². The summed E-state index contributed by atoms with van der Waals surface area (Å²) in [6.07, 6.45) is 5.22. The van der Waals surface area contributed by atoms with Gasteiger partial charge in [-0.1, -0.05) is 20.3 Å². The summed E-state index contributed by atoms with van der Waals surface area (Å²) < 4.78 is 5.49. The van der Waals surface area contributed by atoms with Crippen LogP contribution < -0.4 is 11.1 Å². The summed E-state index contributed by atoms with van der Waals surface area (Å²) in [5.74, 6) is 1.44. The molecule has 1 aliphatic heterocycles. The van der Waals surface area contributed by atoms with Crippen LogP contribution in [-0.4, -0.2) is 56.4 Å². The first-order valence-electron chi connectivity index (χ1n) is 8.46. The smallest absolute Gasteiger partial charge is 0.0594 e. The van der Waals surface area contributed by atoms with E-state index in [1.54, 1.807) is 0 Å². The van der Waals surface area contributed by atoms with E-state index in [0.717, 1.165) is 45.3 Å². The molecule has 2 rings (SSSR count). The molecule has 3 N–H and O–H groups in total. The number of morpholine rings is 1. The van der Waals surface area contributed by atoms with E-state index < -0.39 is 0 Å². The minimum atomic E-state index is 0.649. The molecule has 0 aromatic carbocycles. The second-order valence-corrected chi connectivity index (χ2v) is 6.87. The number of hydrogen-bond acceptors (Lipinski definition) is 4. The molecule has 3 atom stereocenters. The molecular formula is C16H33N3O. The van der Waals surface area contributed by atoms with E-state index in [-0.39, 0.29) is 0 Å². The van der Waals surface area contributed by atoms with Gasteiger partial charge in [0.25, 0.3) is 0 Å². The highest BCUT2D eigenvalue weighted by Crippen LogP contribution is 2.25. The quantitative estimate of drug-likeness (QED) is 0.742. The zero-order valence-electron chi connectivity index (χ0n) is 13.3. The van der Waals surface area contributed by atoms with Crippen molar-refractivity contribution in [3.63, 3.8) is 0 Å². The van der Waals surface area contributed by atoms with Gasteiger partial charge in [0, 0.05) is 31.7 Å². The largest absolute Gasteiger partial charge is 0.379 e. The number of rotatable bonds is 7. The number of hydrogen-bond donors (Lipinski definition) is 2. The van der Waals surface area contributed by atoms with Crippen LogP contribution in [0.15, 0.2) is 0 Å². The summed E-state index contributed by atoms with van der Waals surface area (Å²) in [5, 5.41) is 3.82. The molecule has 4 heteroatoms. The molecule has 0 bridgehead atoms.